The first-order valence-electron chi connectivity index (χ1n) is 13.9. The molecule has 0 unspecified atom stereocenters. The molecule has 1 aliphatic heterocycles. The summed E-state index contributed by atoms with van der Waals surface area (Å²) in [6.45, 7) is 14.0. The second-order valence-electron chi connectivity index (χ2n) is 12.1. The van der Waals surface area contributed by atoms with Crippen LogP contribution in [-0.2, 0) is 11.0 Å². The van der Waals surface area contributed by atoms with E-state index in [1.54, 1.807) is 0 Å². The molecule has 1 saturated heterocycles. The standard InChI is InChI=1S/C34H42N4/c1-32(2,26-33(3,4)37-23-21-36(5)22-24-37)31-25-38(27-35-31)34(28-15-9-6-10-16-28,29-17-11-7-12-18-29)30-19-13-8-14-20-30/h6-20,25,27H,21-24,26H2,1-5H3. The lowest BCUT2D eigenvalue weighted by molar-refractivity contribution is 0.0438. The van der Waals surface area contributed by atoms with E-state index >= 15 is 0 Å². The Kier molecular flexibility index (Phi) is 7.30. The van der Waals surface area contributed by atoms with Gasteiger partial charge in [-0.05, 0) is 44.0 Å². The van der Waals surface area contributed by atoms with Crippen molar-refractivity contribution >= 4 is 0 Å². The van der Waals surface area contributed by atoms with Crippen molar-refractivity contribution < 1.29 is 0 Å². The van der Waals surface area contributed by atoms with Crippen LogP contribution in [0.15, 0.2) is 104 Å². The molecule has 4 nitrogen and oxygen atoms in total. The zero-order valence-corrected chi connectivity index (χ0v) is 23.6. The molecule has 5 rings (SSSR count). The first-order chi connectivity index (χ1) is 18.2. The van der Waals surface area contributed by atoms with Gasteiger partial charge in [0.05, 0.1) is 12.0 Å². The predicted octanol–water partition coefficient (Wildman–Crippen LogP) is 6.42. The summed E-state index contributed by atoms with van der Waals surface area (Å²) < 4.78 is 2.34. The number of aromatic nitrogens is 2. The van der Waals surface area contributed by atoms with Crippen LogP contribution < -0.4 is 0 Å². The lowest BCUT2D eigenvalue weighted by atomic mass is 9.75. The minimum atomic E-state index is -0.530. The largest absolute Gasteiger partial charge is 0.319 e. The van der Waals surface area contributed by atoms with Gasteiger partial charge in [-0.2, -0.15) is 0 Å². The summed E-state index contributed by atoms with van der Waals surface area (Å²) in [4.78, 5) is 10.2. The minimum Gasteiger partial charge on any atom is -0.319 e. The Balaban J connectivity index is 1.59. The SMILES string of the molecule is CN1CCN(C(C)(C)CC(C)(C)c2cn(C(c3ccccc3)(c3ccccc3)c3ccccc3)cn2)CC1. The first-order valence-corrected chi connectivity index (χ1v) is 13.9. The first kappa shape index (κ1) is 26.4. The number of rotatable bonds is 8. The highest BCUT2D eigenvalue weighted by atomic mass is 15.3. The van der Waals surface area contributed by atoms with Crippen LogP contribution in [0.3, 0.4) is 0 Å². The summed E-state index contributed by atoms with van der Waals surface area (Å²) in [5.41, 5.74) is 4.26. The van der Waals surface area contributed by atoms with Gasteiger partial charge in [0.15, 0.2) is 0 Å². The second kappa shape index (κ2) is 10.5. The molecule has 0 amide bonds. The molecule has 4 heteroatoms. The van der Waals surface area contributed by atoms with Gasteiger partial charge in [-0.1, -0.05) is 105 Å². The van der Waals surface area contributed by atoms with Gasteiger partial charge in [-0.3, -0.25) is 4.90 Å². The zero-order chi connectivity index (χ0) is 26.8. The third-order valence-electron chi connectivity index (χ3n) is 8.47. The van der Waals surface area contributed by atoms with Crippen molar-refractivity contribution in [3.8, 4) is 0 Å². The molecule has 1 fully saturated rings. The lowest BCUT2D eigenvalue weighted by Crippen LogP contribution is -2.55. The highest BCUT2D eigenvalue weighted by Crippen LogP contribution is 2.42. The molecule has 1 aliphatic rings. The fourth-order valence-corrected chi connectivity index (χ4v) is 6.54. The number of imidazole rings is 1. The van der Waals surface area contributed by atoms with E-state index in [1.165, 1.54) is 16.7 Å². The Hall–Kier alpha value is -3.21. The molecule has 0 radical (unpaired) electrons. The third-order valence-corrected chi connectivity index (χ3v) is 8.47. The van der Waals surface area contributed by atoms with Crippen molar-refractivity contribution in [1.29, 1.82) is 0 Å². The fraction of sp³-hybridized carbons (Fsp3) is 0.382. The molecule has 198 valence electrons. The van der Waals surface area contributed by atoms with Crippen molar-refractivity contribution in [3.63, 3.8) is 0 Å². The maximum absolute atomic E-state index is 5.11. The quantitative estimate of drug-likeness (QED) is 0.258. The molecule has 0 spiro atoms. The van der Waals surface area contributed by atoms with E-state index in [9.17, 15) is 0 Å². The maximum atomic E-state index is 5.11. The Labute approximate surface area is 228 Å². The van der Waals surface area contributed by atoms with Gasteiger partial charge in [0.1, 0.15) is 5.54 Å². The number of hydrogen-bond donors (Lipinski definition) is 0. The summed E-state index contributed by atoms with van der Waals surface area (Å²) >= 11 is 0. The van der Waals surface area contributed by atoms with E-state index in [2.05, 4.69) is 146 Å². The molecule has 3 aromatic carbocycles. The molecule has 0 bridgehead atoms. The molecule has 0 saturated carbocycles. The van der Waals surface area contributed by atoms with Crippen molar-refractivity contribution in [3.05, 3.63) is 126 Å². The van der Waals surface area contributed by atoms with Gasteiger partial charge in [0.2, 0.25) is 0 Å². The molecule has 1 aromatic heterocycles. The van der Waals surface area contributed by atoms with Crippen LogP contribution in [0.5, 0.6) is 0 Å². The summed E-state index contributed by atoms with van der Waals surface area (Å²) in [6.07, 6.45) is 5.38. The Morgan fingerprint density at radius 1 is 0.658 bits per heavy atom. The van der Waals surface area contributed by atoms with Gasteiger partial charge in [-0.25, -0.2) is 4.98 Å². The Bertz CT molecular complexity index is 1200. The lowest BCUT2D eigenvalue weighted by Gasteiger charge is -2.46. The topological polar surface area (TPSA) is 24.3 Å². The van der Waals surface area contributed by atoms with E-state index in [-0.39, 0.29) is 11.0 Å². The van der Waals surface area contributed by atoms with Crippen LogP contribution in [0.25, 0.3) is 0 Å². The monoisotopic (exact) mass is 506 g/mol. The highest BCUT2D eigenvalue weighted by molar-refractivity contribution is 5.50. The van der Waals surface area contributed by atoms with E-state index in [1.807, 2.05) is 6.33 Å². The summed E-state index contributed by atoms with van der Waals surface area (Å²) in [5.74, 6) is 0. The minimum absolute atomic E-state index is 0.0872. The molecular formula is C34H42N4. The van der Waals surface area contributed by atoms with Crippen LogP contribution in [0, 0.1) is 0 Å². The second-order valence-corrected chi connectivity index (χ2v) is 12.1. The number of likely N-dealkylation sites (N-methyl/N-ethyl adjacent to an activating group) is 1. The molecule has 0 aliphatic carbocycles. The Morgan fingerprint density at radius 3 is 1.55 bits per heavy atom. The molecular weight excluding hydrogens is 464 g/mol. The maximum Gasteiger partial charge on any atom is 0.121 e. The highest BCUT2D eigenvalue weighted by Gasteiger charge is 2.41. The van der Waals surface area contributed by atoms with Gasteiger partial charge in [-0.15, -0.1) is 0 Å². The number of benzene rings is 3. The van der Waals surface area contributed by atoms with Gasteiger partial charge in [0.25, 0.3) is 0 Å². The van der Waals surface area contributed by atoms with Crippen LogP contribution in [0.1, 0.15) is 56.5 Å². The molecule has 0 N–H and O–H groups in total. The van der Waals surface area contributed by atoms with Crippen LogP contribution >= 0.6 is 0 Å². The van der Waals surface area contributed by atoms with Crippen molar-refractivity contribution in [2.75, 3.05) is 33.2 Å². The molecule has 2 heterocycles. The van der Waals surface area contributed by atoms with Crippen molar-refractivity contribution in [2.24, 2.45) is 0 Å². The van der Waals surface area contributed by atoms with Crippen LogP contribution in [0.2, 0.25) is 0 Å². The summed E-state index contributed by atoms with van der Waals surface area (Å²) in [7, 11) is 2.22. The molecule has 4 aromatic rings. The molecule has 38 heavy (non-hydrogen) atoms. The fourth-order valence-electron chi connectivity index (χ4n) is 6.54. The van der Waals surface area contributed by atoms with Gasteiger partial charge in [0, 0.05) is 43.3 Å². The Morgan fingerprint density at radius 2 is 1.11 bits per heavy atom. The van der Waals surface area contributed by atoms with Crippen molar-refractivity contribution in [2.45, 2.75) is 50.6 Å². The van der Waals surface area contributed by atoms with E-state index in [4.69, 9.17) is 4.98 Å². The van der Waals surface area contributed by atoms with E-state index < -0.39 is 5.54 Å². The van der Waals surface area contributed by atoms with Crippen LogP contribution in [0.4, 0.5) is 0 Å². The summed E-state index contributed by atoms with van der Waals surface area (Å²) in [6, 6.07) is 32.5. The van der Waals surface area contributed by atoms with Gasteiger partial charge >= 0.3 is 0 Å². The average Bonchev–Trinajstić information content (AvgIpc) is 3.43. The van der Waals surface area contributed by atoms with E-state index in [0.29, 0.717) is 0 Å². The smallest absolute Gasteiger partial charge is 0.121 e. The number of piperazine rings is 1. The summed E-state index contributed by atoms with van der Waals surface area (Å²) in [5, 5.41) is 0. The zero-order valence-electron chi connectivity index (χ0n) is 23.6. The van der Waals surface area contributed by atoms with E-state index in [0.717, 1.165) is 38.3 Å². The third kappa shape index (κ3) is 4.95. The van der Waals surface area contributed by atoms with Crippen LogP contribution in [-0.4, -0.2) is 58.1 Å². The molecule has 0 atom stereocenters. The average molecular weight is 507 g/mol. The predicted molar refractivity (Wildman–Crippen MR) is 158 cm³/mol. The number of hydrogen-bond acceptors (Lipinski definition) is 3. The van der Waals surface area contributed by atoms with Gasteiger partial charge < -0.3 is 9.47 Å². The van der Waals surface area contributed by atoms with Crippen molar-refractivity contribution in [1.82, 2.24) is 19.4 Å². The normalized spacial score (nSPS) is 16.0. The number of nitrogens with zero attached hydrogens (tertiary/aromatic N) is 4.